The van der Waals surface area contributed by atoms with Crippen LogP contribution >= 0.6 is 0 Å². The van der Waals surface area contributed by atoms with Crippen LogP contribution in [0.15, 0.2) is 188 Å². The minimum Gasteiger partial charge on any atom is -0.309 e. The Morgan fingerprint density at radius 2 is 0.895 bits per heavy atom. The first kappa shape index (κ1) is 31.5. The lowest BCUT2D eigenvalue weighted by Gasteiger charge is -2.11. The van der Waals surface area contributed by atoms with Crippen LogP contribution in [0.4, 0.5) is 0 Å². The van der Waals surface area contributed by atoms with Gasteiger partial charge >= 0.3 is 0 Å². The molecule has 0 spiro atoms. The summed E-state index contributed by atoms with van der Waals surface area (Å²) in [4.78, 5) is 20.4. The minimum atomic E-state index is 0.550. The Labute approximate surface area is 326 Å². The summed E-state index contributed by atoms with van der Waals surface area (Å²) in [6.45, 7) is 0. The summed E-state index contributed by atoms with van der Waals surface area (Å²) >= 11 is 0. The molecule has 0 atom stereocenters. The summed E-state index contributed by atoms with van der Waals surface area (Å²) in [6, 6.07) is 63.6. The fourth-order valence-corrected chi connectivity index (χ4v) is 8.48. The Morgan fingerprint density at radius 3 is 1.60 bits per heavy atom. The molecule has 57 heavy (non-hydrogen) atoms. The highest BCUT2D eigenvalue weighted by molar-refractivity contribution is 6.15. The number of benzene rings is 7. The van der Waals surface area contributed by atoms with E-state index in [4.69, 9.17) is 19.9 Å². The van der Waals surface area contributed by atoms with E-state index in [2.05, 4.69) is 123 Å². The molecule has 7 nitrogen and oxygen atoms in total. The van der Waals surface area contributed by atoms with Crippen molar-refractivity contribution in [1.82, 2.24) is 33.5 Å². The third kappa shape index (κ3) is 4.92. The van der Waals surface area contributed by atoms with Gasteiger partial charge < -0.3 is 4.57 Å². The van der Waals surface area contributed by atoms with Gasteiger partial charge in [0.25, 0.3) is 0 Å². The average molecular weight is 730 g/mol. The van der Waals surface area contributed by atoms with Crippen LogP contribution < -0.4 is 0 Å². The first-order valence-electron chi connectivity index (χ1n) is 19.1. The zero-order valence-electron chi connectivity index (χ0n) is 30.5. The Kier molecular flexibility index (Phi) is 6.79. The molecule has 5 heterocycles. The van der Waals surface area contributed by atoms with Gasteiger partial charge in [-0.1, -0.05) is 115 Å². The number of para-hydroxylation sites is 2. The van der Waals surface area contributed by atoms with Gasteiger partial charge in [-0.2, -0.15) is 9.97 Å². The van der Waals surface area contributed by atoms with Crippen LogP contribution in [-0.4, -0.2) is 33.5 Å². The summed E-state index contributed by atoms with van der Waals surface area (Å²) in [7, 11) is 0. The number of hydrogen-bond acceptors (Lipinski definition) is 4. The Morgan fingerprint density at radius 1 is 0.333 bits per heavy atom. The molecular weight excluding hydrogens is 699 g/mol. The third-order valence-corrected chi connectivity index (χ3v) is 11.1. The van der Waals surface area contributed by atoms with Crippen LogP contribution in [0.3, 0.4) is 0 Å². The molecule has 0 bridgehead atoms. The number of fused-ring (bicyclic) bond motifs is 9. The molecule has 7 heteroatoms. The van der Waals surface area contributed by atoms with Crippen LogP contribution in [0.2, 0.25) is 0 Å². The first-order chi connectivity index (χ1) is 28.2. The molecule has 0 amide bonds. The molecule has 0 N–H and O–H groups in total. The van der Waals surface area contributed by atoms with Gasteiger partial charge in [0.05, 0.1) is 33.1 Å². The van der Waals surface area contributed by atoms with Crippen LogP contribution in [0.25, 0.3) is 106 Å². The van der Waals surface area contributed by atoms with Gasteiger partial charge in [0, 0.05) is 44.6 Å². The summed E-state index contributed by atoms with van der Waals surface area (Å²) in [5.74, 6) is 1.78. The van der Waals surface area contributed by atoms with E-state index < -0.39 is 0 Å². The lowest BCUT2D eigenvalue weighted by atomic mass is 10.0. The summed E-state index contributed by atoms with van der Waals surface area (Å²) < 4.78 is 6.69. The van der Waals surface area contributed by atoms with Gasteiger partial charge in [0.2, 0.25) is 5.95 Å². The lowest BCUT2D eigenvalue weighted by molar-refractivity contribution is 0.954. The maximum atomic E-state index is 5.18. The Hall–Kier alpha value is -7.90. The topological polar surface area (TPSA) is 65.8 Å². The fraction of sp³-hybridized carbons (Fsp3) is 0. The average Bonchev–Trinajstić information content (AvgIpc) is 3.93. The number of aromatic nitrogens is 7. The molecule has 0 fully saturated rings. The van der Waals surface area contributed by atoms with Gasteiger partial charge in [-0.3, -0.25) is 8.97 Å². The van der Waals surface area contributed by atoms with Crippen LogP contribution in [-0.2, 0) is 0 Å². The van der Waals surface area contributed by atoms with Crippen molar-refractivity contribution in [3.63, 3.8) is 0 Å². The van der Waals surface area contributed by atoms with E-state index in [1.165, 1.54) is 21.8 Å². The van der Waals surface area contributed by atoms with E-state index in [1.807, 2.05) is 78.9 Å². The highest BCUT2D eigenvalue weighted by Crippen LogP contribution is 2.39. The fourth-order valence-electron chi connectivity index (χ4n) is 8.48. The molecule has 0 radical (unpaired) electrons. The van der Waals surface area contributed by atoms with E-state index in [-0.39, 0.29) is 0 Å². The minimum absolute atomic E-state index is 0.550. The predicted octanol–water partition coefficient (Wildman–Crippen LogP) is 11.9. The highest BCUT2D eigenvalue weighted by Gasteiger charge is 2.21. The molecule has 12 rings (SSSR count). The van der Waals surface area contributed by atoms with Crippen molar-refractivity contribution in [2.75, 3.05) is 0 Å². The summed E-state index contributed by atoms with van der Waals surface area (Å²) in [5.41, 5.74) is 12.5. The van der Waals surface area contributed by atoms with Crippen molar-refractivity contribution < 1.29 is 0 Å². The van der Waals surface area contributed by atoms with E-state index in [0.717, 1.165) is 66.4 Å². The van der Waals surface area contributed by atoms with Crippen LogP contribution in [0.1, 0.15) is 0 Å². The Bertz CT molecular complexity index is 3450. The maximum Gasteiger partial charge on any atom is 0.238 e. The number of hydrogen-bond donors (Lipinski definition) is 0. The molecule has 0 aliphatic rings. The zero-order valence-corrected chi connectivity index (χ0v) is 30.5. The monoisotopic (exact) mass is 729 g/mol. The van der Waals surface area contributed by atoms with Crippen molar-refractivity contribution in [3.05, 3.63) is 188 Å². The van der Waals surface area contributed by atoms with Crippen LogP contribution in [0, 0.1) is 0 Å². The van der Waals surface area contributed by atoms with E-state index in [1.54, 1.807) is 0 Å². The Balaban J connectivity index is 1.12. The van der Waals surface area contributed by atoms with Crippen molar-refractivity contribution >= 4 is 60.3 Å². The molecule has 5 aromatic heterocycles. The third-order valence-electron chi connectivity index (χ3n) is 11.1. The number of pyridine rings is 1. The van der Waals surface area contributed by atoms with E-state index >= 15 is 0 Å². The van der Waals surface area contributed by atoms with Gasteiger partial charge in [-0.05, 0) is 77.9 Å². The summed E-state index contributed by atoms with van der Waals surface area (Å²) in [6.07, 6.45) is 2.08. The number of nitrogens with zero attached hydrogens (tertiary/aromatic N) is 7. The molecule has 0 aliphatic carbocycles. The van der Waals surface area contributed by atoms with Crippen LogP contribution in [0.5, 0.6) is 0 Å². The zero-order chi connectivity index (χ0) is 37.5. The maximum absolute atomic E-state index is 5.18. The molecule has 0 saturated heterocycles. The van der Waals surface area contributed by atoms with E-state index in [9.17, 15) is 0 Å². The smallest absolute Gasteiger partial charge is 0.238 e. The van der Waals surface area contributed by atoms with Gasteiger partial charge in [0.1, 0.15) is 5.65 Å². The highest BCUT2D eigenvalue weighted by atomic mass is 15.2. The normalized spacial score (nSPS) is 11.9. The first-order valence-corrected chi connectivity index (χ1v) is 19.1. The van der Waals surface area contributed by atoms with Crippen molar-refractivity contribution in [1.29, 1.82) is 0 Å². The second-order valence-electron chi connectivity index (χ2n) is 14.4. The van der Waals surface area contributed by atoms with Crippen molar-refractivity contribution in [3.8, 4) is 45.5 Å². The SMILES string of the molecule is c1ccc(-c2nc(-c3ccccc3)nc(-n3c4ccc(-c5ccc6c(c5)c5ccccc5n6-c5ccccc5)cc4c4cc5c(cc43)nc3ccccn35)n2)cc1. The van der Waals surface area contributed by atoms with Gasteiger partial charge in [0.15, 0.2) is 11.6 Å². The second-order valence-corrected chi connectivity index (χ2v) is 14.4. The molecule has 7 aromatic carbocycles. The lowest BCUT2D eigenvalue weighted by Crippen LogP contribution is -2.06. The largest absolute Gasteiger partial charge is 0.309 e. The molecule has 0 unspecified atom stereocenters. The molecular formula is C50H31N7. The van der Waals surface area contributed by atoms with Gasteiger partial charge in [-0.15, -0.1) is 0 Å². The quantitative estimate of drug-likeness (QED) is 0.177. The summed E-state index contributed by atoms with van der Waals surface area (Å²) in [5, 5.41) is 4.64. The van der Waals surface area contributed by atoms with Crippen molar-refractivity contribution in [2.24, 2.45) is 0 Å². The predicted molar refractivity (Wildman–Crippen MR) is 231 cm³/mol. The molecule has 12 aromatic rings. The number of imidazole rings is 1. The van der Waals surface area contributed by atoms with Crippen molar-refractivity contribution in [2.45, 2.75) is 0 Å². The van der Waals surface area contributed by atoms with Gasteiger partial charge in [-0.25, -0.2) is 9.97 Å². The number of rotatable bonds is 5. The standard InChI is InChI=1S/C50H31N7/c1-4-14-32(15-5-1)48-52-49(33-16-6-2-7-17-33)54-50(53-48)57-44-26-24-35(29-39(44)40-30-46-41(31-45(40)57)51-47-22-12-13-27-55(46)47)34-23-25-43-38(28-34)37-20-10-11-21-42(37)56(43)36-18-8-3-9-19-36/h1-31H. The van der Waals surface area contributed by atoms with E-state index in [0.29, 0.717) is 17.6 Å². The second kappa shape index (κ2) is 12.3. The molecule has 0 saturated carbocycles. The molecule has 266 valence electrons. The molecule has 0 aliphatic heterocycles.